The van der Waals surface area contributed by atoms with E-state index >= 15 is 0 Å². The lowest BCUT2D eigenvalue weighted by Gasteiger charge is -2.21. The average molecular weight is 286 g/mol. The monoisotopic (exact) mass is 285 g/mol. The molecule has 1 aromatic carbocycles. The Kier molecular flexibility index (Phi) is 5.61. The normalized spacial score (nSPS) is 20.7. The van der Waals surface area contributed by atoms with E-state index in [1.807, 2.05) is 6.92 Å². The van der Waals surface area contributed by atoms with Crippen LogP contribution in [-0.4, -0.2) is 19.3 Å². The van der Waals surface area contributed by atoms with Gasteiger partial charge in [-0.1, -0.05) is 18.5 Å². The van der Waals surface area contributed by atoms with Gasteiger partial charge in [-0.3, -0.25) is 0 Å². The molecule has 106 valence electrons. The zero-order chi connectivity index (χ0) is 13.7. The van der Waals surface area contributed by atoms with Crippen LogP contribution in [0.1, 0.15) is 44.2 Å². The lowest BCUT2D eigenvalue weighted by molar-refractivity contribution is 0.0996. The first kappa shape index (κ1) is 14.8. The van der Waals surface area contributed by atoms with Gasteiger partial charge in [-0.05, 0) is 56.0 Å². The zero-order valence-electron chi connectivity index (χ0n) is 11.3. The molecule has 0 spiro atoms. The predicted molar refractivity (Wildman–Crippen MR) is 76.0 cm³/mol. The van der Waals surface area contributed by atoms with E-state index < -0.39 is 0 Å². The first-order chi connectivity index (χ1) is 9.20. The maximum Gasteiger partial charge on any atom is 0.123 e. The fourth-order valence-electron chi connectivity index (χ4n) is 2.62. The van der Waals surface area contributed by atoms with Crippen LogP contribution in [0.4, 0.5) is 4.39 Å². The molecule has 2 rings (SSSR count). The van der Waals surface area contributed by atoms with Gasteiger partial charge in [-0.25, -0.2) is 4.39 Å². The smallest absolute Gasteiger partial charge is 0.123 e. The molecular weight excluding hydrogens is 265 g/mol. The molecule has 1 aliphatic rings. The summed E-state index contributed by atoms with van der Waals surface area (Å²) in [5.74, 6) is -0.237. The highest BCUT2D eigenvalue weighted by Gasteiger charge is 2.20. The Labute approximate surface area is 119 Å². The quantitative estimate of drug-likeness (QED) is 0.850. The lowest BCUT2D eigenvalue weighted by atomic mass is 9.99. The second-order valence-electron chi connectivity index (χ2n) is 4.99. The van der Waals surface area contributed by atoms with Crippen LogP contribution in [0.3, 0.4) is 0 Å². The predicted octanol–water partition coefficient (Wildman–Crippen LogP) is 4.09. The minimum absolute atomic E-state index is 0.0948. The molecule has 0 bridgehead atoms. The van der Waals surface area contributed by atoms with Crippen LogP contribution >= 0.6 is 11.6 Å². The highest BCUT2D eigenvalue weighted by molar-refractivity contribution is 6.31. The molecule has 0 saturated carbocycles. The summed E-state index contributed by atoms with van der Waals surface area (Å²) in [5.41, 5.74) is 0.849. The Hall–Kier alpha value is -0.640. The van der Waals surface area contributed by atoms with Crippen molar-refractivity contribution in [2.24, 2.45) is 0 Å². The highest BCUT2D eigenvalue weighted by atomic mass is 35.5. The van der Waals surface area contributed by atoms with Gasteiger partial charge >= 0.3 is 0 Å². The molecule has 4 heteroatoms. The van der Waals surface area contributed by atoms with Gasteiger partial charge in [0.05, 0.1) is 6.10 Å². The van der Waals surface area contributed by atoms with Gasteiger partial charge in [0, 0.05) is 17.7 Å². The fraction of sp³-hybridized carbons (Fsp3) is 0.600. The molecule has 2 unspecified atom stereocenters. The van der Waals surface area contributed by atoms with Gasteiger partial charge in [0.15, 0.2) is 0 Å². The summed E-state index contributed by atoms with van der Waals surface area (Å²) in [7, 11) is 0. The van der Waals surface area contributed by atoms with Crippen molar-refractivity contribution in [3.05, 3.63) is 34.6 Å². The number of ether oxygens (including phenoxy) is 1. The molecule has 1 aliphatic heterocycles. The Bertz CT molecular complexity index is 407. The van der Waals surface area contributed by atoms with E-state index in [-0.39, 0.29) is 11.9 Å². The van der Waals surface area contributed by atoms with Crippen molar-refractivity contribution in [3.8, 4) is 0 Å². The first-order valence-corrected chi connectivity index (χ1v) is 7.38. The van der Waals surface area contributed by atoms with Gasteiger partial charge in [-0.2, -0.15) is 0 Å². The Morgan fingerprint density at radius 1 is 1.53 bits per heavy atom. The maximum absolute atomic E-state index is 13.4. The Balaban J connectivity index is 2.03. The summed E-state index contributed by atoms with van der Waals surface area (Å²) in [4.78, 5) is 0. The molecule has 1 heterocycles. The molecule has 0 amide bonds. The number of nitrogens with one attached hydrogen (secondary N) is 1. The van der Waals surface area contributed by atoms with E-state index in [9.17, 15) is 4.39 Å². The molecule has 1 N–H and O–H groups in total. The SMILES string of the molecule is CCNC(CCC1CCCO1)c1cc(F)ccc1Cl. The summed E-state index contributed by atoms with van der Waals surface area (Å²) in [6, 6.07) is 4.65. The first-order valence-electron chi connectivity index (χ1n) is 7.00. The summed E-state index contributed by atoms with van der Waals surface area (Å²) >= 11 is 6.18. The average Bonchev–Trinajstić information content (AvgIpc) is 2.91. The Morgan fingerprint density at radius 2 is 2.37 bits per heavy atom. The number of benzene rings is 1. The molecule has 2 atom stereocenters. The third-order valence-electron chi connectivity index (χ3n) is 3.59. The van der Waals surface area contributed by atoms with Crippen molar-refractivity contribution in [1.29, 1.82) is 0 Å². The van der Waals surface area contributed by atoms with Gasteiger partial charge < -0.3 is 10.1 Å². The van der Waals surface area contributed by atoms with Crippen molar-refractivity contribution in [2.45, 2.75) is 44.8 Å². The van der Waals surface area contributed by atoms with Crippen molar-refractivity contribution < 1.29 is 9.13 Å². The van der Waals surface area contributed by atoms with Crippen molar-refractivity contribution in [2.75, 3.05) is 13.2 Å². The minimum atomic E-state index is -0.237. The molecule has 0 aliphatic carbocycles. The van der Waals surface area contributed by atoms with Gasteiger partial charge in [0.1, 0.15) is 5.82 Å². The topological polar surface area (TPSA) is 21.3 Å². The van der Waals surface area contributed by atoms with E-state index in [4.69, 9.17) is 16.3 Å². The molecule has 19 heavy (non-hydrogen) atoms. The van der Waals surface area contributed by atoms with Crippen LogP contribution in [-0.2, 0) is 4.74 Å². The number of halogens is 2. The zero-order valence-corrected chi connectivity index (χ0v) is 12.0. The third-order valence-corrected chi connectivity index (χ3v) is 3.93. The third kappa shape index (κ3) is 4.16. The summed E-state index contributed by atoms with van der Waals surface area (Å²) in [5, 5.41) is 4.01. The van der Waals surface area contributed by atoms with Crippen LogP contribution in [0.2, 0.25) is 5.02 Å². The van der Waals surface area contributed by atoms with E-state index in [1.54, 1.807) is 6.07 Å². The van der Waals surface area contributed by atoms with Crippen LogP contribution in [0.25, 0.3) is 0 Å². The molecule has 2 nitrogen and oxygen atoms in total. The van der Waals surface area contributed by atoms with Crippen molar-refractivity contribution in [1.82, 2.24) is 5.32 Å². The molecule has 1 saturated heterocycles. The van der Waals surface area contributed by atoms with Gasteiger partial charge in [0.25, 0.3) is 0 Å². The van der Waals surface area contributed by atoms with Crippen LogP contribution < -0.4 is 5.32 Å². The van der Waals surface area contributed by atoms with Gasteiger partial charge in [-0.15, -0.1) is 0 Å². The Morgan fingerprint density at radius 3 is 3.05 bits per heavy atom. The molecule has 1 aromatic rings. The second kappa shape index (κ2) is 7.22. The molecule has 0 aromatic heterocycles. The summed E-state index contributed by atoms with van der Waals surface area (Å²) in [6.07, 6.45) is 4.55. The van der Waals surface area contributed by atoms with Crippen LogP contribution in [0.15, 0.2) is 18.2 Å². The van der Waals surface area contributed by atoms with E-state index in [1.165, 1.54) is 12.1 Å². The van der Waals surface area contributed by atoms with Crippen LogP contribution in [0, 0.1) is 5.82 Å². The fourth-order valence-corrected chi connectivity index (χ4v) is 2.87. The lowest BCUT2D eigenvalue weighted by Crippen LogP contribution is -2.23. The maximum atomic E-state index is 13.4. The van der Waals surface area contributed by atoms with E-state index in [0.717, 1.165) is 44.4 Å². The molecule has 1 fully saturated rings. The summed E-state index contributed by atoms with van der Waals surface area (Å²) < 4.78 is 19.0. The molecular formula is C15H21ClFNO. The number of hydrogen-bond donors (Lipinski definition) is 1. The second-order valence-corrected chi connectivity index (χ2v) is 5.40. The number of hydrogen-bond acceptors (Lipinski definition) is 2. The standard InChI is InChI=1S/C15H21ClFNO/c1-2-18-15(8-6-12-4-3-9-19-12)13-10-11(17)5-7-14(13)16/h5,7,10,12,15,18H,2-4,6,8-9H2,1H3. The molecule has 0 radical (unpaired) electrons. The largest absolute Gasteiger partial charge is 0.378 e. The highest BCUT2D eigenvalue weighted by Crippen LogP contribution is 2.29. The number of rotatable bonds is 6. The van der Waals surface area contributed by atoms with Crippen LogP contribution in [0.5, 0.6) is 0 Å². The van der Waals surface area contributed by atoms with E-state index in [2.05, 4.69) is 5.32 Å². The van der Waals surface area contributed by atoms with Crippen molar-refractivity contribution in [3.63, 3.8) is 0 Å². The van der Waals surface area contributed by atoms with E-state index in [0.29, 0.717) is 11.1 Å². The van der Waals surface area contributed by atoms with Gasteiger partial charge in [0.2, 0.25) is 0 Å². The minimum Gasteiger partial charge on any atom is -0.378 e. The summed E-state index contributed by atoms with van der Waals surface area (Å²) in [6.45, 7) is 3.76. The van der Waals surface area contributed by atoms with Crippen molar-refractivity contribution >= 4 is 11.6 Å².